The first-order chi connectivity index (χ1) is 9.77. The van der Waals surface area contributed by atoms with Crippen LogP contribution < -0.4 is 0 Å². The fourth-order valence-electron chi connectivity index (χ4n) is 4.09. The molecule has 1 N–H and O–H groups in total. The normalized spacial score (nSPS) is 36.0. The zero-order valence-corrected chi connectivity index (χ0v) is 14.5. The van der Waals surface area contributed by atoms with Crippen molar-refractivity contribution in [3.8, 4) is 0 Å². The maximum Gasteiger partial charge on any atom is 0.211 e. The lowest BCUT2D eigenvalue weighted by Crippen LogP contribution is -2.41. The molecule has 1 saturated heterocycles. The van der Waals surface area contributed by atoms with Gasteiger partial charge in [-0.1, -0.05) is 13.8 Å². The van der Waals surface area contributed by atoms with Crippen molar-refractivity contribution in [3.63, 3.8) is 0 Å². The molecule has 4 atom stereocenters. The quantitative estimate of drug-likeness (QED) is 0.866. The summed E-state index contributed by atoms with van der Waals surface area (Å²) in [4.78, 5) is 0. The van der Waals surface area contributed by atoms with Crippen molar-refractivity contribution < 1.29 is 13.5 Å². The summed E-state index contributed by atoms with van der Waals surface area (Å²) in [5, 5.41) is 10.3. The molecular formula is C16H31NO3S. The molecule has 4 nitrogen and oxygen atoms in total. The van der Waals surface area contributed by atoms with Crippen LogP contribution in [0.2, 0.25) is 0 Å². The summed E-state index contributed by atoms with van der Waals surface area (Å²) in [6.45, 7) is 5.85. The summed E-state index contributed by atoms with van der Waals surface area (Å²) in [6.07, 6.45) is 7.31. The third-order valence-electron chi connectivity index (χ3n) is 5.51. The maximum absolute atomic E-state index is 11.7. The SMILES string of the molecule is CC(C)C1CCC(O)C(CC2CCCN(S(C)(=O)=O)C2)C1. The number of sulfonamides is 1. The lowest BCUT2D eigenvalue weighted by Gasteiger charge is -2.39. The first-order valence-electron chi connectivity index (χ1n) is 8.40. The minimum atomic E-state index is -3.07. The van der Waals surface area contributed by atoms with Gasteiger partial charge >= 0.3 is 0 Å². The van der Waals surface area contributed by atoms with Gasteiger partial charge in [-0.2, -0.15) is 0 Å². The standard InChI is InChI=1S/C16H31NO3S/c1-12(2)14-6-7-16(18)15(10-14)9-13-5-4-8-17(11-13)21(3,19)20/h12-16,18H,4-11H2,1-3H3. The molecule has 4 unspecified atom stereocenters. The lowest BCUT2D eigenvalue weighted by atomic mass is 9.71. The van der Waals surface area contributed by atoms with E-state index in [0.29, 0.717) is 36.8 Å². The molecule has 5 heteroatoms. The molecular weight excluding hydrogens is 286 g/mol. The zero-order chi connectivity index (χ0) is 15.6. The predicted octanol–water partition coefficient (Wildman–Crippen LogP) is 2.48. The van der Waals surface area contributed by atoms with Crippen LogP contribution >= 0.6 is 0 Å². The van der Waals surface area contributed by atoms with E-state index in [0.717, 1.165) is 38.5 Å². The molecule has 0 aromatic rings. The van der Waals surface area contributed by atoms with Gasteiger partial charge in [0, 0.05) is 13.1 Å². The Balaban J connectivity index is 1.93. The topological polar surface area (TPSA) is 57.6 Å². The Bertz CT molecular complexity index is 435. The molecule has 21 heavy (non-hydrogen) atoms. The van der Waals surface area contributed by atoms with Crippen LogP contribution in [-0.4, -0.2) is 43.3 Å². The Morgan fingerprint density at radius 1 is 1.24 bits per heavy atom. The summed E-state index contributed by atoms with van der Waals surface area (Å²) in [7, 11) is -3.07. The molecule has 124 valence electrons. The number of aliphatic hydroxyl groups is 1. The van der Waals surface area contributed by atoms with E-state index < -0.39 is 10.0 Å². The van der Waals surface area contributed by atoms with Gasteiger partial charge < -0.3 is 5.11 Å². The third-order valence-corrected chi connectivity index (χ3v) is 6.78. The molecule has 2 rings (SSSR count). The van der Waals surface area contributed by atoms with Crippen molar-refractivity contribution in [2.24, 2.45) is 23.7 Å². The maximum atomic E-state index is 11.7. The summed E-state index contributed by atoms with van der Waals surface area (Å²) in [5.41, 5.74) is 0. The molecule has 2 fully saturated rings. The van der Waals surface area contributed by atoms with E-state index in [4.69, 9.17) is 0 Å². The first-order valence-corrected chi connectivity index (χ1v) is 10.3. The average Bonchev–Trinajstić information content (AvgIpc) is 2.40. The smallest absolute Gasteiger partial charge is 0.211 e. The van der Waals surface area contributed by atoms with Crippen molar-refractivity contribution in [2.75, 3.05) is 19.3 Å². The van der Waals surface area contributed by atoms with E-state index >= 15 is 0 Å². The first kappa shape index (κ1) is 17.2. The van der Waals surface area contributed by atoms with Gasteiger partial charge in [0.05, 0.1) is 12.4 Å². The summed E-state index contributed by atoms with van der Waals surface area (Å²) >= 11 is 0. The summed E-state index contributed by atoms with van der Waals surface area (Å²) in [6, 6.07) is 0. The minimum absolute atomic E-state index is 0.186. The molecule has 2 aliphatic rings. The number of nitrogens with zero attached hydrogens (tertiary/aromatic N) is 1. The van der Waals surface area contributed by atoms with Crippen molar-refractivity contribution in [1.82, 2.24) is 4.31 Å². The number of hydrogen-bond donors (Lipinski definition) is 1. The summed E-state index contributed by atoms with van der Waals surface area (Å²) in [5.74, 6) is 2.17. The number of piperidine rings is 1. The van der Waals surface area contributed by atoms with E-state index in [2.05, 4.69) is 13.8 Å². The highest BCUT2D eigenvalue weighted by Gasteiger charge is 2.34. The van der Waals surface area contributed by atoms with Gasteiger partial charge in [-0.15, -0.1) is 0 Å². The van der Waals surface area contributed by atoms with Crippen LogP contribution in [0, 0.1) is 23.7 Å². The average molecular weight is 317 g/mol. The van der Waals surface area contributed by atoms with Crippen LogP contribution in [0.5, 0.6) is 0 Å². The van der Waals surface area contributed by atoms with Crippen LogP contribution in [0.15, 0.2) is 0 Å². The predicted molar refractivity (Wildman–Crippen MR) is 85.4 cm³/mol. The van der Waals surface area contributed by atoms with Crippen LogP contribution in [-0.2, 0) is 10.0 Å². The Morgan fingerprint density at radius 3 is 2.57 bits per heavy atom. The van der Waals surface area contributed by atoms with Crippen LogP contribution in [0.3, 0.4) is 0 Å². The molecule has 0 spiro atoms. The van der Waals surface area contributed by atoms with Crippen LogP contribution in [0.1, 0.15) is 52.4 Å². The van der Waals surface area contributed by atoms with Gasteiger partial charge in [-0.3, -0.25) is 0 Å². The van der Waals surface area contributed by atoms with Crippen molar-refractivity contribution in [3.05, 3.63) is 0 Å². The van der Waals surface area contributed by atoms with Crippen molar-refractivity contribution in [2.45, 2.75) is 58.5 Å². The second-order valence-electron chi connectivity index (χ2n) is 7.51. The summed E-state index contributed by atoms with van der Waals surface area (Å²) < 4.78 is 25.0. The molecule has 0 aromatic carbocycles. The Morgan fingerprint density at radius 2 is 1.95 bits per heavy atom. The lowest BCUT2D eigenvalue weighted by molar-refractivity contribution is 0.0213. The molecule has 1 aliphatic heterocycles. The molecule has 0 amide bonds. The van der Waals surface area contributed by atoms with Crippen LogP contribution in [0.25, 0.3) is 0 Å². The van der Waals surface area contributed by atoms with E-state index in [1.54, 1.807) is 4.31 Å². The van der Waals surface area contributed by atoms with Gasteiger partial charge in [0.1, 0.15) is 0 Å². The highest BCUT2D eigenvalue weighted by molar-refractivity contribution is 7.88. The fraction of sp³-hybridized carbons (Fsp3) is 1.00. The fourth-order valence-corrected chi connectivity index (χ4v) is 5.03. The van der Waals surface area contributed by atoms with Crippen molar-refractivity contribution >= 4 is 10.0 Å². The molecule has 1 saturated carbocycles. The number of rotatable bonds is 4. The van der Waals surface area contributed by atoms with Crippen molar-refractivity contribution in [1.29, 1.82) is 0 Å². The molecule has 0 bridgehead atoms. The molecule has 0 radical (unpaired) electrons. The highest BCUT2D eigenvalue weighted by Crippen LogP contribution is 2.38. The Kier molecular flexibility index (Phi) is 5.71. The van der Waals surface area contributed by atoms with Gasteiger partial charge in [0.2, 0.25) is 10.0 Å². The third kappa shape index (κ3) is 4.67. The van der Waals surface area contributed by atoms with Gasteiger partial charge in [0.25, 0.3) is 0 Å². The number of hydrogen-bond acceptors (Lipinski definition) is 3. The van der Waals surface area contributed by atoms with E-state index in [1.165, 1.54) is 6.26 Å². The Hall–Kier alpha value is -0.130. The Labute approximate surface area is 130 Å². The largest absolute Gasteiger partial charge is 0.393 e. The van der Waals surface area contributed by atoms with E-state index in [9.17, 15) is 13.5 Å². The zero-order valence-electron chi connectivity index (χ0n) is 13.7. The van der Waals surface area contributed by atoms with E-state index in [-0.39, 0.29) is 6.10 Å². The second-order valence-corrected chi connectivity index (χ2v) is 9.49. The molecule has 0 aromatic heterocycles. The molecule has 1 heterocycles. The highest BCUT2D eigenvalue weighted by atomic mass is 32.2. The van der Waals surface area contributed by atoms with Gasteiger partial charge in [0.15, 0.2) is 0 Å². The minimum Gasteiger partial charge on any atom is -0.393 e. The van der Waals surface area contributed by atoms with Crippen LogP contribution in [0.4, 0.5) is 0 Å². The monoisotopic (exact) mass is 317 g/mol. The van der Waals surface area contributed by atoms with E-state index in [1.807, 2.05) is 0 Å². The van der Waals surface area contributed by atoms with Gasteiger partial charge in [-0.05, 0) is 62.2 Å². The number of aliphatic hydroxyl groups excluding tert-OH is 1. The molecule has 1 aliphatic carbocycles. The van der Waals surface area contributed by atoms with Gasteiger partial charge in [-0.25, -0.2) is 12.7 Å². The second kappa shape index (κ2) is 6.97.